The predicted octanol–water partition coefficient (Wildman–Crippen LogP) is 3.49. The van der Waals surface area contributed by atoms with Crippen LogP contribution in [0.15, 0.2) is 24.3 Å². The molecule has 3 rings (SSSR count). The Labute approximate surface area is 137 Å². The highest BCUT2D eigenvalue weighted by Gasteiger charge is 2.67. The first kappa shape index (κ1) is 16.0. The Morgan fingerprint density at radius 1 is 1.09 bits per heavy atom. The van der Waals surface area contributed by atoms with Crippen LogP contribution < -0.4 is 0 Å². The third kappa shape index (κ3) is 1.71. The molecule has 4 nitrogen and oxygen atoms in total. The van der Waals surface area contributed by atoms with Crippen LogP contribution in [0.1, 0.15) is 43.7 Å². The van der Waals surface area contributed by atoms with Crippen molar-refractivity contribution in [3.63, 3.8) is 0 Å². The largest absolute Gasteiger partial charge is 0.353 e. The minimum absolute atomic E-state index is 0.0440. The maximum Gasteiger partial charge on any atom is 0.174 e. The fourth-order valence-electron chi connectivity index (χ4n) is 4.92. The Hall–Kier alpha value is -1.88. The number of methoxy groups -OCH3 is 2. The molecule has 0 aliphatic heterocycles. The summed E-state index contributed by atoms with van der Waals surface area (Å²) in [5, 5.41) is 20.0. The van der Waals surface area contributed by atoms with Crippen molar-refractivity contribution in [1.29, 1.82) is 10.5 Å². The summed E-state index contributed by atoms with van der Waals surface area (Å²) in [6.07, 6.45) is 1.28. The number of benzene rings is 1. The molecule has 2 aliphatic carbocycles. The highest BCUT2D eigenvalue weighted by atomic mass is 16.7. The lowest BCUT2D eigenvalue weighted by atomic mass is 9.45. The summed E-state index contributed by atoms with van der Waals surface area (Å²) in [4.78, 5) is 0. The molecule has 1 aromatic rings. The average molecular weight is 310 g/mol. The normalized spacial score (nSPS) is 33.1. The molecule has 4 heteroatoms. The SMILES string of the molecule is COC1(OC)C[C@@H]2C[C@](C#N)(c3ccccc3[C@@H]2C#N)C1(C)C. The third-order valence-corrected chi connectivity index (χ3v) is 6.33. The van der Waals surface area contributed by atoms with Crippen molar-refractivity contribution in [3.8, 4) is 12.1 Å². The van der Waals surface area contributed by atoms with Crippen LogP contribution in [0.2, 0.25) is 0 Å². The van der Waals surface area contributed by atoms with Crippen LogP contribution in [-0.2, 0) is 14.9 Å². The van der Waals surface area contributed by atoms with Crippen LogP contribution in [0.4, 0.5) is 0 Å². The van der Waals surface area contributed by atoms with Crippen LogP contribution in [0.3, 0.4) is 0 Å². The molecule has 1 saturated carbocycles. The van der Waals surface area contributed by atoms with Gasteiger partial charge in [0.2, 0.25) is 0 Å². The van der Waals surface area contributed by atoms with Crippen molar-refractivity contribution in [2.24, 2.45) is 11.3 Å². The Morgan fingerprint density at radius 3 is 2.30 bits per heavy atom. The van der Waals surface area contributed by atoms with Gasteiger partial charge in [0.15, 0.2) is 5.79 Å². The summed E-state index contributed by atoms with van der Waals surface area (Å²) in [6.45, 7) is 4.09. The van der Waals surface area contributed by atoms with E-state index in [0.29, 0.717) is 12.8 Å². The first-order valence-electron chi connectivity index (χ1n) is 7.93. The van der Waals surface area contributed by atoms with Gasteiger partial charge in [-0.15, -0.1) is 0 Å². The minimum atomic E-state index is -0.881. The van der Waals surface area contributed by atoms with E-state index in [4.69, 9.17) is 9.47 Å². The maximum atomic E-state index is 10.2. The zero-order valence-electron chi connectivity index (χ0n) is 14.1. The molecule has 0 spiro atoms. The van der Waals surface area contributed by atoms with Crippen LogP contribution in [0.25, 0.3) is 0 Å². The molecular weight excluding hydrogens is 288 g/mol. The molecular formula is C19H22N2O2. The molecule has 0 amide bonds. The van der Waals surface area contributed by atoms with Gasteiger partial charge in [-0.1, -0.05) is 38.1 Å². The monoisotopic (exact) mass is 310 g/mol. The second kappa shape index (κ2) is 5.06. The molecule has 3 atom stereocenters. The van der Waals surface area contributed by atoms with Crippen LogP contribution in [0.5, 0.6) is 0 Å². The lowest BCUT2D eigenvalue weighted by molar-refractivity contribution is -0.307. The molecule has 0 radical (unpaired) electrons. The number of nitriles is 2. The first-order valence-corrected chi connectivity index (χ1v) is 7.93. The molecule has 23 heavy (non-hydrogen) atoms. The first-order chi connectivity index (χ1) is 10.9. The van der Waals surface area contributed by atoms with Crippen molar-refractivity contribution in [1.82, 2.24) is 0 Å². The number of nitrogens with zero attached hydrogens (tertiary/aromatic N) is 2. The molecule has 1 fully saturated rings. The number of hydrogen-bond acceptors (Lipinski definition) is 4. The highest BCUT2D eigenvalue weighted by Crippen LogP contribution is 2.64. The van der Waals surface area contributed by atoms with Crippen molar-refractivity contribution in [3.05, 3.63) is 35.4 Å². The Balaban J connectivity index is 2.35. The van der Waals surface area contributed by atoms with Crippen LogP contribution in [0, 0.1) is 34.0 Å². The second-order valence-corrected chi connectivity index (χ2v) is 7.17. The molecule has 0 saturated heterocycles. The summed E-state index contributed by atoms with van der Waals surface area (Å²) in [6, 6.07) is 12.9. The maximum absolute atomic E-state index is 10.2. The average Bonchev–Trinajstić information content (AvgIpc) is 2.57. The van der Waals surface area contributed by atoms with E-state index in [2.05, 4.69) is 12.1 Å². The standard InChI is InChI=1S/C19H22N2O2/c1-17(2)18(12-21)9-13(10-19(17,22-3)23-4)15(11-20)14-7-5-6-8-16(14)18/h5-8,13,15H,9-10H2,1-4H3/t13-,15+,18-/m0/s1. The van der Waals surface area contributed by atoms with E-state index in [9.17, 15) is 10.5 Å². The van der Waals surface area contributed by atoms with Crippen molar-refractivity contribution in [2.45, 2.75) is 43.8 Å². The van der Waals surface area contributed by atoms with Crippen LogP contribution in [-0.4, -0.2) is 20.0 Å². The van der Waals surface area contributed by atoms with E-state index >= 15 is 0 Å². The van der Waals surface area contributed by atoms with Gasteiger partial charge in [0.25, 0.3) is 0 Å². The van der Waals surface area contributed by atoms with Gasteiger partial charge in [-0.25, -0.2) is 0 Å². The molecule has 0 heterocycles. The lowest BCUT2D eigenvalue weighted by Gasteiger charge is -2.61. The molecule has 120 valence electrons. The van der Waals surface area contributed by atoms with Crippen molar-refractivity contribution >= 4 is 0 Å². The summed E-state index contributed by atoms with van der Waals surface area (Å²) in [5.74, 6) is -1.07. The smallest absolute Gasteiger partial charge is 0.174 e. The molecule has 2 aliphatic rings. The van der Waals surface area contributed by atoms with Gasteiger partial charge in [0.05, 0.1) is 23.5 Å². The van der Waals surface area contributed by atoms with Gasteiger partial charge < -0.3 is 9.47 Å². The van der Waals surface area contributed by atoms with Crippen molar-refractivity contribution in [2.75, 3.05) is 14.2 Å². The molecule has 0 unspecified atom stereocenters. The molecule has 2 bridgehead atoms. The number of fused-ring (bicyclic) bond motifs is 4. The van der Waals surface area contributed by atoms with Crippen LogP contribution >= 0.6 is 0 Å². The molecule has 1 aromatic carbocycles. The number of hydrogen-bond donors (Lipinski definition) is 0. The number of rotatable bonds is 2. The fourth-order valence-corrected chi connectivity index (χ4v) is 4.92. The van der Waals surface area contributed by atoms with Crippen molar-refractivity contribution < 1.29 is 9.47 Å². The summed E-state index contributed by atoms with van der Waals surface area (Å²) >= 11 is 0. The molecule has 0 N–H and O–H groups in total. The van der Waals surface area contributed by atoms with Gasteiger partial charge in [-0.05, 0) is 23.5 Å². The van der Waals surface area contributed by atoms with Gasteiger partial charge in [0, 0.05) is 26.1 Å². The predicted molar refractivity (Wildman–Crippen MR) is 85.3 cm³/mol. The summed E-state index contributed by atoms with van der Waals surface area (Å²) in [7, 11) is 3.26. The Kier molecular flexibility index (Phi) is 3.52. The third-order valence-electron chi connectivity index (χ3n) is 6.33. The topological polar surface area (TPSA) is 66.0 Å². The zero-order valence-corrected chi connectivity index (χ0v) is 14.1. The lowest BCUT2D eigenvalue weighted by Crippen LogP contribution is -2.65. The van der Waals surface area contributed by atoms with Gasteiger partial charge in [0.1, 0.15) is 0 Å². The van der Waals surface area contributed by atoms with E-state index in [0.717, 1.165) is 11.1 Å². The Bertz CT molecular complexity index is 709. The second-order valence-electron chi connectivity index (χ2n) is 7.17. The van der Waals surface area contributed by atoms with E-state index in [1.54, 1.807) is 14.2 Å². The quantitative estimate of drug-likeness (QED) is 0.784. The van der Waals surface area contributed by atoms with E-state index in [1.807, 2.05) is 38.1 Å². The van der Waals surface area contributed by atoms with Gasteiger partial charge in [-0.2, -0.15) is 10.5 Å². The van der Waals surface area contributed by atoms with E-state index in [-0.39, 0.29) is 11.8 Å². The van der Waals surface area contributed by atoms with E-state index < -0.39 is 16.6 Å². The zero-order chi connectivity index (χ0) is 16.9. The highest BCUT2D eigenvalue weighted by molar-refractivity contribution is 5.50. The fraction of sp³-hybridized carbons (Fsp3) is 0.579. The van der Waals surface area contributed by atoms with Gasteiger partial charge in [-0.3, -0.25) is 0 Å². The minimum Gasteiger partial charge on any atom is -0.353 e. The Morgan fingerprint density at radius 2 is 1.74 bits per heavy atom. The van der Waals surface area contributed by atoms with E-state index in [1.165, 1.54) is 0 Å². The summed E-state index contributed by atoms with van der Waals surface area (Å²) in [5.41, 5.74) is 0.659. The molecule has 0 aromatic heterocycles. The number of ether oxygens (including phenoxy) is 2. The van der Waals surface area contributed by atoms with Gasteiger partial charge >= 0.3 is 0 Å². The summed E-state index contributed by atoms with van der Waals surface area (Å²) < 4.78 is 11.7.